The maximum Gasteiger partial charge on any atom is 0.305 e. The van der Waals surface area contributed by atoms with E-state index >= 15 is 0 Å². The number of benzene rings is 2. The van der Waals surface area contributed by atoms with E-state index in [1.54, 1.807) is 12.1 Å². The molecule has 1 N–H and O–H groups in total. The molecule has 0 radical (unpaired) electrons. The van der Waals surface area contributed by atoms with Crippen LogP contribution in [-0.2, 0) is 26.0 Å². The normalized spacial score (nSPS) is 11.1. The van der Waals surface area contributed by atoms with E-state index in [2.05, 4.69) is 9.46 Å². The number of halogens is 2. The van der Waals surface area contributed by atoms with Gasteiger partial charge in [0.15, 0.2) is 0 Å². The van der Waals surface area contributed by atoms with Crippen molar-refractivity contribution in [3.05, 3.63) is 57.4 Å². The number of hydrogen-bond acceptors (Lipinski definition) is 4. The molecule has 0 aromatic heterocycles. The summed E-state index contributed by atoms with van der Waals surface area (Å²) in [5.41, 5.74) is 1.00. The minimum absolute atomic E-state index is 0.0596. The number of nitrogens with one attached hydrogen (secondary N) is 1. The van der Waals surface area contributed by atoms with E-state index in [1.807, 2.05) is 22.6 Å². The molecule has 0 unspecified atom stereocenters. The first-order valence-electron chi connectivity index (χ1n) is 6.95. The first-order chi connectivity index (χ1) is 11.3. The van der Waals surface area contributed by atoms with Crippen molar-refractivity contribution >= 4 is 44.3 Å². The SMILES string of the molecule is COC(=O)CCc1ccc(S(=O)(=O)Nc2cc(F)ccc2I)cc1. The summed E-state index contributed by atoms with van der Waals surface area (Å²) in [6.07, 6.45) is 0.685. The van der Waals surface area contributed by atoms with Crippen LogP contribution < -0.4 is 4.72 Å². The van der Waals surface area contributed by atoms with Crippen LogP contribution in [0.15, 0.2) is 47.4 Å². The highest BCUT2D eigenvalue weighted by atomic mass is 127. The molecule has 0 spiro atoms. The topological polar surface area (TPSA) is 72.5 Å². The van der Waals surface area contributed by atoms with Gasteiger partial charge in [-0.25, -0.2) is 12.8 Å². The third-order valence-electron chi connectivity index (χ3n) is 3.25. The minimum atomic E-state index is -3.82. The van der Waals surface area contributed by atoms with Gasteiger partial charge in [0.2, 0.25) is 0 Å². The summed E-state index contributed by atoms with van der Waals surface area (Å²) >= 11 is 1.92. The standard InChI is InChI=1S/C16H15FINO4S/c1-23-16(20)9-4-11-2-6-13(7-3-11)24(21,22)19-15-10-12(17)5-8-14(15)18/h2-3,5-8,10,19H,4,9H2,1H3. The van der Waals surface area contributed by atoms with Crippen molar-refractivity contribution in [2.75, 3.05) is 11.8 Å². The van der Waals surface area contributed by atoms with Gasteiger partial charge in [0.05, 0.1) is 17.7 Å². The van der Waals surface area contributed by atoms with Gasteiger partial charge in [-0.2, -0.15) is 0 Å². The van der Waals surface area contributed by atoms with Gasteiger partial charge in [-0.05, 0) is 64.9 Å². The Morgan fingerprint density at radius 1 is 1.21 bits per heavy atom. The quantitative estimate of drug-likeness (QED) is 0.527. The van der Waals surface area contributed by atoms with Crippen LogP contribution >= 0.6 is 22.6 Å². The highest BCUT2D eigenvalue weighted by Gasteiger charge is 2.16. The molecule has 128 valence electrons. The maximum atomic E-state index is 13.3. The number of anilines is 1. The summed E-state index contributed by atoms with van der Waals surface area (Å²) in [4.78, 5) is 11.2. The van der Waals surface area contributed by atoms with Crippen molar-refractivity contribution in [3.8, 4) is 0 Å². The van der Waals surface area contributed by atoms with Crippen molar-refractivity contribution in [2.24, 2.45) is 0 Å². The fraction of sp³-hybridized carbons (Fsp3) is 0.188. The van der Waals surface area contributed by atoms with Crippen LogP contribution in [0.4, 0.5) is 10.1 Å². The van der Waals surface area contributed by atoms with Crippen LogP contribution in [0.25, 0.3) is 0 Å². The highest BCUT2D eigenvalue weighted by molar-refractivity contribution is 14.1. The number of esters is 1. The molecule has 2 aromatic carbocycles. The molecular formula is C16H15FINO4S. The van der Waals surface area contributed by atoms with Crippen molar-refractivity contribution in [2.45, 2.75) is 17.7 Å². The highest BCUT2D eigenvalue weighted by Crippen LogP contribution is 2.23. The van der Waals surface area contributed by atoms with Gasteiger partial charge in [-0.15, -0.1) is 0 Å². The molecule has 0 fully saturated rings. The van der Waals surface area contributed by atoms with Gasteiger partial charge >= 0.3 is 5.97 Å². The van der Waals surface area contributed by atoms with Crippen molar-refractivity contribution in [1.29, 1.82) is 0 Å². The van der Waals surface area contributed by atoms with Gasteiger partial charge in [-0.3, -0.25) is 9.52 Å². The molecule has 2 aromatic rings. The van der Waals surface area contributed by atoms with E-state index in [1.165, 1.54) is 31.4 Å². The molecule has 0 saturated heterocycles. The first-order valence-corrected chi connectivity index (χ1v) is 9.51. The van der Waals surface area contributed by atoms with Gasteiger partial charge in [-0.1, -0.05) is 12.1 Å². The third kappa shape index (κ3) is 4.91. The molecule has 0 aliphatic carbocycles. The molecule has 0 heterocycles. The zero-order valence-electron chi connectivity index (χ0n) is 12.8. The van der Waals surface area contributed by atoms with Crippen LogP contribution in [0.3, 0.4) is 0 Å². The zero-order valence-corrected chi connectivity index (χ0v) is 15.7. The number of sulfonamides is 1. The molecule has 24 heavy (non-hydrogen) atoms. The van der Waals surface area contributed by atoms with E-state index in [0.29, 0.717) is 9.99 Å². The average molecular weight is 463 g/mol. The zero-order chi connectivity index (χ0) is 17.7. The molecule has 0 amide bonds. The predicted octanol–water partition coefficient (Wildman–Crippen LogP) is 3.34. The lowest BCUT2D eigenvalue weighted by atomic mass is 10.1. The fourth-order valence-electron chi connectivity index (χ4n) is 1.96. The summed E-state index contributed by atoms with van der Waals surface area (Å²) in [5, 5.41) is 0. The Kier molecular flexibility index (Phi) is 6.16. The Balaban J connectivity index is 2.14. The predicted molar refractivity (Wildman–Crippen MR) is 96.7 cm³/mol. The Morgan fingerprint density at radius 3 is 2.50 bits per heavy atom. The number of aryl methyl sites for hydroxylation is 1. The summed E-state index contributed by atoms with van der Waals surface area (Å²) in [7, 11) is -2.50. The minimum Gasteiger partial charge on any atom is -0.469 e. The third-order valence-corrected chi connectivity index (χ3v) is 5.57. The Labute approximate surface area is 153 Å². The second kappa shape index (κ2) is 7.93. The van der Waals surface area contributed by atoms with Crippen LogP contribution in [-0.4, -0.2) is 21.5 Å². The van der Waals surface area contributed by atoms with Crippen LogP contribution in [0.2, 0.25) is 0 Å². The second-order valence-corrected chi connectivity index (χ2v) is 7.79. The molecule has 0 aliphatic heterocycles. The van der Waals surface area contributed by atoms with E-state index in [-0.39, 0.29) is 23.0 Å². The maximum absolute atomic E-state index is 13.3. The van der Waals surface area contributed by atoms with Gasteiger partial charge in [0.25, 0.3) is 10.0 Å². The molecule has 8 heteroatoms. The summed E-state index contributed by atoms with van der Waals surface area (Å²) in [6, 6.07) is 10.0. The lowest BCUT2D eigenvalue weighted by Crippen LogP contribution is -2.14. The van der Waals surface area contributed by atoms with Crippen LogP contribution in [0.5, 0.6) is 0 Å². The van der Waals surface area contributed by atoms with Crippen molar-refractivity contribution in [3.63, 3.8) is 0 Å². The van der Waals surface area contributed by atoms with Crippen LogP contribution in [0, 0.1) is 9.39 Å². The van der Waals surface area contributed by atoms with Gasteiger partial charge < -0.3 is 4.74 Å². The largest absolute Gasteiger partial charge is 0.469 e. The van der Waals surface area contributed by atoms with E-state index in [9.17, 15) is 17.6 Å². The molecule has 0 aliphatic rings. The number of hydrogen-bond donors (Lipinski definition) is 1. The smallest absolute Gasteiger partial charge is 0.305 e. The molecule has 0 bridgehead atoms. The van der Waals surface area contributed by atoms with Gasteiger partial charge in [0, 0.05) is 9.99 Å². The number of carbonyl (C=O) groups is 1. The number of ether oxygens (including phenoxy) is 1. The molecule has 0 atom stereocenters. The van der Waals surface area contributed by atoms with E-state index < -0.39 is 15.8 Å². The van der Waals surface area contributed by atoms with Crippen LogP contribution in [0.1, 0.15) is 12.0 Å². The summed E-state index contributed by atoms with van der Waals surface area (Å²) < 4.78 is 45.6. The lowest BCUT2D eigenvalue weighted by molar-refractivity contribution is -0.140. The van der Waals surface area contributed by atoms with E-state index in [4.69, 9.17) is 0 Å². The molecule has 5 nitrogen and oxygen atoms in total. The fourth-order valence-corrected chi connectivity index (χ4v) is 3.69. The Bertz CT molecular complexity index is 838. The summed E-state index contributed by atoms with van der Waals surface area (Å²) in [5.74, 6) is -0.847. The molecule has 0 saturated carbocycles. The second-order valence-electron chi connectivity index (χ2n) is 4.95. The first kappa shape index (κ1) is 18.7. The molecule has 2 rings (SSSR count). The Morgan fingerprint density at radius 2 is 1.88 bits per heavy atom. The van der Waals surface area contributed by atoms with Gasteiger partial charge in [0.1, 0.15) is 5.82 Å². The number of rotatable bonds is 6. The monoisotopic (exact) mass is 463 g/mol. The van der Waals surface area contributed by atoms with Crippen molar-refractivity contribution in [1.82, 2.24) is 0 Å². The summed E-state index contributed by atoms with van der Waals surface area (Å²) in [6.45, 7) is 0. The Hall–Kier alpha value is -1.68. The number of carbonyl (C=O) groups excluding carboxylic acids is 1. The number of methoxy groups -OCH3 is 1. The van der Waals surface area contributed by atoms with Crippen molar-refractivity contribution < 1.29 is 22.3 Å². The van der Waals surface area contributed by atoms with E-state index in [0.717, 1.165) is 11.6 Å². The molecular weight excluding hydrogens is 448 g/mol. The average Bonchev–Trinajstić information content (AvgIpc) is 2.56. The lowest BCUT2D eigenvalue weighted by Gasteiger charge is -2.10.